The molecule has 0 fully saturated rings. The second-order valence-corrected chi connectivity index (χ2v) is 6.80. The second kappa shape index (κ2) is 8.74. The van der Waals surface area contributed by atoms with Crippen LogP contribution in [-0.2, 0) is 13.3 Å². The van der Waals surface area contributed by atoms with Gasteiger partial charge in [-0.1, -0.05) is 29.8 Å². The number of nitrogens with one attached hydrogen (secondary N) is 1. The number of rotatable bonds is 7. The fourth-order valence-electron chi connectivity index (χ4n) is 2.87. The van der Waals surface area contributed by atoms with Gasteiger partial charge in [0.1, 0.15) is 12.1 Å². The smallest absolute Gasteiger partial charge is 0.278 e. The highest BCUT2D eigenvalue weighted by Crippen LogP contribution is 2.18. The highest BCUT2D eigenvalue weighted by atomic mass is 19.1. The predicted octanol–water partition coefficient (Wildman–Crippen LogP) is 3.40. The third-order valence-corrected chi connectivity index (χ3v) is 4.31. The van der Waals surface area contributed by atoms with Crippen molar-refractivity contribution in [1.82, 2.24) is 24.5 Å². The van der Waals surface area contributed by atoms with E-state index >= 15 is 0 Å². The first-order valence-electron chi connectivity index (χ1n) is 9.34. The van der Waals surface area contributed by atoms with E-state index in [-0.39, 0.29) is 24.1 Å². The number of aromatic nitrogens is 5. The summed E-state index contributed by atoms with van der Waals surface area (Å²) in [7, 11) is 0. The predicted molar refractivity (Wildman–Crippen MR) is 107 cm³/mol. The first-order chi connectivity index (χ1) is 15.0. The van der Waals surface area contributed by atoms with Crippen LogP contribution in [0.1, 0.15) is 21.6 Å². The van der Waals surface area contributed by atoms with E-state index in [2.05, 4.69) is 20.5 Å². The molecule has 31 heavy (non-hydrogen) atoms. The molecule has 0 bridgehead atoms. The average Bonchev–Trinajstić information content (AvgIpc) is 3.37. The molecule has 0 unspecified atom stereocenters. The zero-order valence-electron chi connectivity index (χ0n) is 16.5. The van der Waals surface area contributed by atoms with Crippen molar-refractivity contribution in [2.24, 2.45) is 0 Å². The van der Waals surface area contributed by atoms with E-state index in [1.807, 2.05) is 31.2 Å². The van der Waals surface area contributed by atoms with Crippen LogP contribution in [0.4, 0.5) is 14.7 Å². The number of hydrogen-bond donors (Lipinski definition) is 1. The van der Waals surface area contributed by atoms with E-state index in [0.717, 1.165) is 23.3 Å². The molecule has 2 heterocycles. The van der Waals surface area contributed by atoms with Crippen LogP contribution in [0.15, 0.2) is 61.1 Å². The number of benzene rings is 2. The zero-order chi connectivity index (χ0) is 21.8. The van der Waals surface area contributed by atoms with Crippen LogP contribution in [0.25, 0.3) is 0 Å². The van der Waals surface area contributed by atoms with Crippen molar-refractivity contribution in [3.05, 3.63) is 89.5 Å². The summed E-state index contributed by atoms with van der Waals surface area (Å²) in [6.45, 7) is 2.38. The number of ether oxygens (including phenoxy) is 1. The lowest BCUT2D eigenvalue weighted by Crippen LogP contribution is -2.15. The molecule has 10 heteroatoms. The lowest BCUT2D eigenvalue weighted by atomic mass is 10.1. The summed E-state index contributed by atoms with van der Waals surface area (Å²) in [5.74, 6) is -1.99. The van der Waals surface area contributed by atoms with Crippen LogP contribution in [0.2, 0.25) is 0 Å². The Kier molecular flexibility index (Phi) is 5.69. The summed E-state index contributed by atoms with van der Waals surface area (Å²) in [6.07, 6.45) is 3.03. The molecule has 0 radical (unpaired) electrons. The van der Waals surface area contributed by atoms with Crippen LogP contribution >= 0.6 is 0 Å². The molecule has 158 valence electrons. The molecule has 0 saturated heterocycles. The molecule has 1 N–H and O–H groups in total. The minimum absolute atomic E-state index is 0.109. The molecule has 0 atom stereocenters. The van der Waals surface area contributed by atoms with Crippen LogP contribution in [0, 0.1) is 18.6 Å². The molecular formula is C21H18F2N6O2. The fraction of sp³-hybridized carbons (Fsp3) is 0.143. The van der Waals surface area contributed by atoms with Gasteiger partial charge < -0.3 is 4.74 Å². The van der Waals surface area contributed by atoms with Gasteiger partial charge in [0.2, 0.25) is 5.95 Å². The molecular weight excluding hydrogens is 406 g/mol. The van der Waals surface area contributed by atoms with Crippen molar-refractivity contribution in [2.75, 3.05) is 5.32 Å². The highest BCUT2D eigenvalue weighted by Gasteiger charge is 2.13. The SMILES string of the molecule is Cc1cccc(Cn2cnc(NC(=O)c3ccn(COc4ccc(F)cc4F)n3)n2)c1. The maximum absolute atomic E-state index is 13.6. The van der Waals surface area contributed by atoms with Gasteiger partial charge in [-0.15, -0.1) is 5.10 Å². The van der Waals surface area contributed by atoms with E-state index in [4.69, 9.17) is 4.74 Å². The third-order valence-electron chi connectivity index (χ3n) is 4.31. The van der Waals surface area contributed by atoms with Gasteiger partial charge in [0.05, 0.1) is 6.54 Å². The van der Waals surface area contributed by atoms with Gasteiger partial charge in [-0.2, -0.15) is 5.10 Å². The summed E-state index contributed by atoms with van der Waals surface area (Å²) in [5.41, 5.74) is 2.32. The van der Waals surface area contributed by atoms with Crippen LogP contribution in [0.5, 0.6) is 5.75 Å². The topological polar surface area (TPSA) is 86.9 Å². The molecule has 8 nitrogen and oxygen atoms in total. The number of halogens is 2. The molecule has 0 aliphatic carbocycles. The molecule has 0 aliphatic heterocycles. The van der Waals surface area contributed by atoms with Gasteiger partial charge >= 0.3 is 0 Å². The van der Waals surface area contributed by atoms with Gasteiger partial charge in [0.25, 0.3) is 5.91 Å². The zero-order valence-corrected chi connectivity index (χ0v) is 16.5. The monoisotopic (exact) mass is 424 g/mol. The van der Waals surface area contributed by atoms with Gasteiger partial charge in [0.15, 0.2) is 24.0 Å². The molecule has 0 saturated carbocycles. The Bertz CT molecular complexity index is 1220. The van der Waals surface area contributed by atoms with Crippen molar-refractivity contribution in [1.29, 1.82) is 0 Å². The molecule has 0 spiro atoms. The molecule has 0 aliphatic rings. The number of anilines is 1. The maximum Gasteiger partial charge on any atom is 0.278 e. The summed E-state index contributed by atoms with van der Waals surface area (Å²) >= 11 is 0. The Morgan fingerprint density at radius 2 is 1.97 bits per heavy atom. The van der Waals surface area contributed by atoms with E-state index in [0.29, 0.717) is 6.54 Å². The first kappa shape index (κ1) is 20.2. The number of aryl methyl sites for hydroxylation is 1. The third kappa shape index (κ3) is 5.10. The van der Waals surface area contributed by atoms with Crippen LogP contribution in [0.3, 0.4) is 0 Å². The molecule has 2 aromatic heterocycles. The van der Waals surface area contributed by atoms with E-state index in [9.17, 15) is 13.6 Å². The Morgan fingerprint density at radius 1 is 1.10 bits per heavy atom. The van der Waals surface area contributed by atoms with Crippen molar-refractivity contribution < 1.29 is 18.3 Å². The van der Waals surface area contributed by atoms with Gasteiger partial charge in [-0.05, 0) is 30.7 Å². The number of amides is 1. The minimum Gasteiger partial charge on any atom is -0.468 e. The lowest BCUT2D eigenvalue weighted by Gasteiger charge is -2.07. The highest BCUT2D eigenvalue weighted by molar-refractivity contribution is 6.01. The minimum atomic E-state index is -0.822. The Hall–Kier alpha value is -4.08. The largest absolute Gasteiger partial charge is 0.468 e. The van der Waals surface area contributed by atoms with E-state index in [1.165, 1.54) is 29.3 Å². The van der Waals surface area contributed by atoms with Crippen LogP contribution in [-0.4, -0.2) is 30.5 Å². The van der Waals surface area contributed by atoms with Crippen molar-refractivity contribution in [3.63, 3.8) is 0 Å². The lowest BCUT2D eigenvalue weighted by molar-refractivity contribution is 0.101. The normalized spacial score (nSPS) is 10.8. The van der Waals surface area contributed by atoms with Crippen molar-refractivity contribution in [3.8, 4) is 5.75 Å². The standard InChI is InChI=1S/C21H18F2N6O2/c1-14-3-2-4-15(9-14)11-29-12-24-21(27-29)25-20(30)18-7-8-28(26-18)13-31-19-6-5-16(22)10-17(19)23/h2-10,12H,11,13H2,1H3,(H,25,27,30). The summed E-state index contributed by atoms with van der Waals surface area (Å²) in [4.78, 5) is 16.5. The number of hydrogen-bond acceptors (Lipinski definition) is 5. The Morgan fingerprint density at radius 3 is 2.77 bits per heavy atom. The van der Waals surface area contributed by atoms with Crippen molar-refractivity contribution in [2.45, 2.75) is 20.2 Å². The van der Waals surface area contributed by atoms with Gasteiger partial charge in [-0.3, -0.25) is 10.1 Å². The maximum atomic E-state index is 13.6. The second-order valence-electron chi connectivity index (χ2n) is 6.80. The number of nitrogens with zero attached hydrogens (tertiary/aromatic N) is 5. The Balaban J connectivity index is 1.34. The first-order valence-corrected chi connectivity index (χ1v) is 9.34. The molecule has 1 amide bonds. The fourth-order valence-corrected chi connectivity index (χ4v) is 2.87. The average molecular weight is 424 g/mol. The quantitative estimate of drug-likeness (QED) is 0.491. The van der Waals surface area contributed by atoms with E-state index in [1.54, 1.807) is 4.68 Å². The summed E-state index contributed by atoms with van der Waals surface area (Å²) in [6, 6.07) is 12.5. The van der Waals surface area contributed by atoms with Crippen molar-refractivity contribution >= 4 is 11.9 Å². The summed E-state index contributed by atoms with van der Waals surface area (Å²) in [5, 5.41) is 10.9. The number of carbonyl (C=O) groups is 1. The van der Waals surface area contributed by atoms with E-state index < -0.39 is 17.5 Å². The van der Waals surface area contributed by atoms with Gasteiger partial charge in [0, 0.05) is 12.3 Å². The molecule has 2 aromatic carbocycles. The number of carbonyl (C=O) groups excluding carboxylic acids is 1. The molecule has 4 aromatic rings. The summed E-state index contributed by atoms with van der Waals surface area (Å²) < 4.78 is 34.7. The van der Waals surface area contributed by atoms with Crippen LogP contribution < -0.4 is 10.1 Å². The molecule has 4 rings (SSSR count). The Labute approximate surface area is 176 Å². The van der Waals surface area contributed by atoms with Gasteiger partial charge in [-0.25, -0.2) is 23.1 Å².